The summed E-state index contributed by atoms with van der Waals surface area (Å²) >= 11 is 0. The zero-order valence-corrected chi connectivity index (χ0v) is 8.88. The number of carbonyl (C=O) groups excluding carboxylic acids is 1. The van der Waals surface area contributed by atoms with E-state index in [0.29, 0.717) is 6.42 Å². The van der Waals surface area contributed by atoms with Crippen LogP contribution in [0.15, 0.2) is 4.99 Å². The van der Waals surface area contributed by atoms with E-state index in [-0.39, 0.29) is 11.9 Å². The van der Waals surface area contributed by atoms with E-state index in [1.165, 1.54) is 12.8 Å². The van der Waals surface area contributed by atoms with E-state index in [2.05, 4.69) is 11.9 Å². The van der Waals surface area contributed by atoms with Gasteiger partial charge in [0, 0.05) is 0 Å². The molecule has 1 amide bonds. The fourth-order valence-corrected chi connectivity index (χ4v) is 1.56. The molecule has 0 bridgehead atoms. The third-order valence-electron chi connectivity index (χ3n) is 2.50. The second kappa shape index (κ2) is 4.44. The highest BCUT2D eigenvalue weighted by molar-refractivity contribution is 6.00. The molecule has 0 aliphatic carbocycles. The van der Waals surface area contributed by atoms with Gasteiger partial charge in [0.2, 0.25) is 0 Å². The van der Waals surface area contributed by atoms with E-state index in [1.54, 1.807) is 6.92 Å². The van der Waals surface area contributed by atoms with Gasteiger partial charge >= 0.3 is 0 Å². The Bertz CT molecular complexity index is 251. The molecule has 4 heteroatoms. The highest BCUT2D eigenvalue weighted by Gasteiger charge is 2.40. The van der Waals surface area contributed by atoms with Gasteiger partial charge in [0.05, 0.1) is 0 Å². The summed E-state index contributed by atoms with van der Waals surface area (Å²) in [4.78, 5) is 15.0. The minimum Gasteiger partial charge on any atom is -0.449 e. The number of ether oxygens (including phenoxy) is 1. The summed E-state index contributed by atoms with van der Waals surface area (Å²) < 4.78 is 5.22. The number of amides is 1. The van der Waals surface area contributed by atoms with Crippen LogP contribution in [0.4, 0.5) is 0 Å². The molecular formula is C10H18N2O2. The molecule has 0 saturated heterocycles. The summed E-state index contributed by atoms with van der Waals surface area (Å²) in [7, 11) is 0. The molecule has 1 rings (SSSR count). The largest absolute Gasteiger partial charge is 0.449 e. The topological polar surface area (TPSA) is 64.7 Å². The van der Waals surface area contributed by atoms with Crippen LogP contribution < -0.4 is 5.73 Å². The molecule has 1 aliphatic heterocycles. The standard InChI is InChI=1S/C10H18N2O2/c1-3-4-5-6-7-10(2)8(13)12-9(11)14-10/h3-7H2,1-2H3,(H2,11,12,13). The van der Waals surface area contributed by atoms with E-state index in [1.807, 2.05) is 0 Å². The Hall–Kier alpha value is -1.06. The Kier molecular flexibility index (Phi) is 3.49. The fourth-order valence-electron chi connectivity index (χ4n) is 1.56. The Morgan fingerprint density at radius 1 is 1.43 bits per heavy atom. The molecule has 4 nitrogen and oxygen atoms in total. The molecule has 0 aromatic rings. The lowest BCUT2D eigenvalue weighted by Crippen LogP contribution is -2.34. The van der Waals surface area contributed by atoms with Gasteiger partial charge in [-0.1, -0.05) is 26.2 Å². The van der Waals surface area contributed by atoms with Crippen LogP contribution in [0.25, 0.3) is 0 Å². The van der Waals surface area contributed by atoms with Crippen LogP contribution in [0.1, 0.15) is 46.0 Å². The van der Waals surface area contributed by atoms with Crippen molar-refractivity contribution in [2.45, 2.75) is 51.6 Å². The van der Waals surface area contributed by atoms with Crippen molar-refractivity contribution in [1.82, 2.24) is 0 Å². The fraction of sp³-hybridized carbons (Fsp3) is 0.800. The van der Waals surface area contributed by atoms with Gasteiger partial charge in [0.1, 0.15) is 0 Å². The number of unbranched alkanes of at least 4 members (excludes halogenated alkanes) is 3. The van der Waals surface area contributed by atoms with Crippen LogP contribution in [-0.2, 0) is 9.53 Å². The molecule has 1 unspecified atom stereocenters. The van der Waals surface area contributed by atoms with Crippen LogP contribution in [0.3, 0.4) is 0 Å². The summed E-state index contributed by atoms with van der Waals surface area (Å²) in [6.45, 7) is 3.91. The van der Waals surface area contributed by atoms with Gasteiger partial charge in [0.15, 0.2) is 5.60 Å². The van der Waals surface area contributed by atoms with E-state index in [4.69, 9.17) is 10.5 Å². The summed E-state index contributed by atoms with van der Waals surface area (Å²) in [5.74, 6) is -0.244. The number of rotatable bonds is 5. The molecule has 0 spiro atoms. The van der Waals surface area contributed by atoms with Gasteiger partial charge in [-0.25, -0.2) is 0 Å². The van der Waals surface area contributed by atoms with Crippen molar-refractivity contribution in [3.05, 3.63) is 0 Å². The summed E-state index contributed by atoms with van der Waals surface area (Å²) in [5, 5.41) is 0. The Morgan fingerprint density at radius 3 is 2.64 bits per heavy atom. The lowest BCUT2D eigenvalue weighted by molar-refractivity contribution is -0.130. The molecule has 1 aliphatic rings. The molecule has 14 heavy (non-hydrogen) atoms. The molecule has 2 N–H and O–H groups in total. The van der Waals surface area contributed by atoms with Crippen LogP contribution in [-0.4, -0.2) is 17.5 Å². The molecule has 1 heterocycles. The molecule has 0 aromatic heterocycles. The molecular weight excluding hydrogens is 180 g/mol. The van der Waals surface area contributed by atoms with Gasteiger partial charge in [0.25, 0.3) is 11.9 Å². The number of carbonyl (C=O) groups is 1. The van der Waals surface area contributed by atoms with Crippen LogP contribution >= 0.6 is 0 Å². The van der Waals surface area contributed by atoms with E-state index < -0.39 is 5.60 Å². The van der Waals surface area contributed by atoms with Crippen LogP contribution in [0.5, 0.6) is 0 Å². The van der Waals surface area contributed by atoms with Crippen molar-refractivity contribution in [3.63, 3.8) is 0 Å². The maximum atomic E-state index is 11.4. The third-order valence-corrected chi connectivity index (χ3v) is 2.50. The summed E-state index contributed by atoms with van der Waals surface area (Å²) in [6, 6.07) is 0.00740. The van der Waals surface area contributed by atoms with E-state index in [0.717, 1.165) is 12.8 Å². The van der Waals surface area contributed by atoms with Gasteiger partial charge in [-0.15, -0.1) is 0 Å². The highest BCUT2D eigenvalue weighted by Crippen LogP contribution is 2.25. The number of hydrogen-bond acceptors (Lipinski definition) is 3. The lowest BCUT2D eigenvalue weighted by atomic mass is 9.97. The normalized spacial score (nSPS) is 26.1. The average molecular weight is 198 g/mol. The minimum atomic E-state index is -0.794. The van der Waals surface area contributed by atoms with Crippen molar-refractivity contribution in [2.75, 3.05) is 0 Å². The zero-order valence-electron chi connectivity index (χ0n) is 8.88. The highest BCUT2D eigenvalue weighted by atomic mass is 16.5. The molecule has 0 saturated carbocycles. The van der Waals surface area contributed by atoms with Crippen LogP contribution in [0, 0.1) is 0 Å². The quantitative estimate of drug-likeness (QED) is 0.682. The first-order valence-corrected chi connectivity index (χ1v) is 5.16. The molecule has 80 valence electrons. The number of aliphatic imine (C=N–C) groups is 1. The maximum absolute atomic E-state index is 11.4. The lowest BCUT2D eigenvalue weighted by Gasteiger charge is -2.20. The first kappa shape index (κ1) is 11.0. The monoisotopic (exact) mass is 198 g/mol. The second-order valence-corrected chi connectivity index (χ2v) is 3.90. The number of amidine groups is 1. The molecule has 0 aromatic carbocycles. The zero-order chi connectivity index (χ0) is 10.6. The average Bonchev–Trinajstić information content (AvgIpc) is 2.36. The van der Waals surface area contributed by atoms with E-state index >= 15 is 0 Å². The molecule has 0 fully saturated rings. The first-order valence-electron chi connectivity index (χ1n) is 5.16. The van der Waals surface area contributed by atoms with Crippen molar-refractivity contribution in [3.8, 4) is 0 Å². The number of nitrogens with two attached hydrogens (primary N) is 1. The van der Waals surface area contributed by atoms with Crippen molar-refractivity contribution in [1.29, 1.82) is 0 Å². The summed E-state index contributed by atoms with van der Waals surface area (Å²) in [5.41, 5.74) is 4.54. The van der Waals surface area contributed by atoms with Crippen molar-refractivity contribution < 1.29 is 9.53 Å². The maximum Gasteiger partial charge on any atom is 0.294 e. The van der Waals surface area contributed by atoms with Crippen molar-refractivity contribution in [2.24, 2.45) is 10.7 Å². The predicted octanol–water partition coefficient (Wildman–Crippen LogP) is 1.59. The van der Waals surface area contributed by atoms with Gasteiger partial charge in [-0.05, 0) is 19.8 Å². The predicted molar refractivity (Wildman–Crippen MR) is 54.9 cm³/mol. The Morgan fingerprint density at radius 2 is 2.14 bits per heavy atom. The third kappa shape index (κ3) is 2.47. The van der Waals surface area contributed by atoms with Crippen LogP contribution in [0.2, 0.25) is 0 Å². The minimum absolute atomic E-state index is 0.00740. The Balaban J connectivity index is 2.34. The van der Waals surface area contributed by atoms with Crippen molar-refractivity contribution >= 4 is 11.9 Å². The first-order chi connectivity index (χ1) is 6.58. The smallest absolute Gasteiger partial charge is 0.294 e. The molecule has 1 atom stereocenters. The van der Waals surface area contributed by atoms with Gasteiger partial charge < -0.3 is 10.5 Å². The SMILES string of the molecule is CCCCCCC1(C)OC(N)=NC1=O. The molecule has 0 radical (unpaired) electrons. The second-order valence-electron chi connectivity index (χ2n) is 3.90. The van der Waals surface area contributed by atoms with E-state index in [9.17, 15) is 4.79 Å². The van der Waals surface area contributed by atoms with Gasteiger partial charge in [-0.2, -0.15) is 4.99 Å². The summed E-state index contributed by atoms with van der Waals surface area (Å²) in [6.07, 6.45) is 5.20. The van der Waals surface area contributed by atoms with Gasteiger partial charge in [-0.3, -0.25) is 4.79 Å². The Labute approximate surface area is 84.5 Å². The number of nitrogens with zero attached hydrogens (tertiary/aromatic N) is 1. The number of hydrogen-bond donors (Lipinski definition) is 1.